The number of carbonyl (C=O) groups is 1. The van der Waals surface area contributed by atoms with E-state index in [4.69, 9.17) is 4.74 Å². The number of ether oxygens (including phenoxy) is 1. The lowest BCUT2D eigenvalue weighted by atomic mass is 10.1. The second kappa shape index (κ2) is 8.20. The van der Waals surface area contributed by atoms with Crippen molar-refractivity contribution in [3.05, 3.63) is 89.0 Å². The van der Waals surface area contributed by atoms with E-state index in [1.807, 2.05) is 48.1 Å². The molecule has 30 heavy (non-hydrogen) atoms. The van der Waals surface area contributed by atoms with Crippen LogP contribution < -0.4 is 15.6 Å². The SMILES string of the molecule is COc1ccc(C(NC(=O)Cn2cnc3ccccc3c2=O)c2nccn2C)cc1. The number of nitrogens with one attached hydrogen (secondary N) is 1. The van der Waals surface area contributed by atoms with Crippen LogP contribution in [0.15, 0.2) is 72.0 Å². The van der Waals surface area contributed by atoms with Crippen molar-refractivity contribution >= 4 is 16.8 Å². The minimum atomic E-state index is -0.479. The molecule has 8 heteroatoms. The van der Waals surface area contributed by atoms with Crippen molar-refractivity contribution in [2.75, 3.05) is 7.11 Å². The van der Waals surface area contributed by atoms with Gasteiger partial charge in [-0.05, 0) is 29.8 Å². The van der Waals surface area contributed by atoms with Gasteiger partial charge in [-0.1, -0.05) is 24.3 Å². The summed E-state index contributed by atoms with van der Waals surface area (Å²) in [6.45, 7) is -0.145. The molecule has 1 N–H and O–H groups in total. The van der Waals surface area contributed by atoms with E-state index in [2.05, 4.69) is 15.3 Å². The predicted octanol–water partition coefficient (Wildman–Crippen LogP) is 2.04. The van der Waals surface area contributed by atoms with Crippen molar-refractivity contribution in [3.63, 3.8) is 0 Å². The third-order valence-corrected chi connectivity index (χ3v) is 4.92. The van der Waals surface area contributed by atoms with Crippen molar-refractivity contribution in [3.8, 4) is 5.75 Å². The summed E-state index contributed by atoms with van der Waals surface area (Å²) in [6, 6.07) is 14.0. The number of para-hydroxylation sites is 1. The summed E-state index contributed by atoms with van der Waals surface area (Å²) in [5.74, 6) is 1.08. The highest BCUT2D eigenvalue weighted by Crippen LogP contribution is 2.23. The third kappa shape index (κ3) is 3.80. The number of fused-ring (bicyclic) bond motifs is 1. The zero-order valence-electron chi connectivity index (χ0n) is 16.6. The maximum Gasteiger partial charge on any atom is 0.261 e. The largest absolute Gasteiger partial charge is 0.497 e. The fraction of sp³-hybridized carbons (Fsp3) is 0.182. The van der Waals surface area contributed by atoms with Gasteiger partial charge in [0.05, 0.1) is 24.3 Å². The molecule has 152 valence electrons. The number of nitrogens with zero attached hydrogens (tertiary/aromatic N) is 4. The molecule has 0 saturated carbocycles. The second-order valence-corrected chi connectivity index (χ2v) is 6.86. The maximum atomic E-state index is 12.9. The van der Waals surface area contributed by atoms with Gasteiger partial charge in [-0.25, -0.2) is 9.97 Å². The maximum absolute atomic E-state index is 12.9. The molecule has 2 aromatic carbocycles. The smallest absolute Gasteiger partial charge is 0.261 e. The Kier molecular flexibility index (Phi) is 5.30. The Bertz CT molecular complexity index is 1240. The lowest BCUT2D eigenvalue weighted by Crippen LogP contribution is -2.36. The second-order valence-electron chi connectivity index (χ2n) is 6.86. The molecule has 0 aliphatic carbocycles. The van der Waals surface area contributed by atoms with Gasteiger partial charge < -0.3 is 14.6 Å². The fourth-order valence-electron chi connectivity index (χ4n) is 3.33. The van der Waals surface area contributed by atoms with Gasteiger partial charge in [-0.2, -0.15) is 0 Å². The summed E-state index contributed by atoms with van der Waals surface area (Å²) >= 11 is 0. The zero-order chi connectivity index (χ0) is 21.1. The van der Waals surface area contributed by atoms with Gasteiger partial charge in [0.25, 0.3) is 5.56 Å². The van der Waals surface area contributed by atoms with Crippen LogP contribution in [0, 0.1) is 0 Å². The summed E-state index contributed by atoms with van der Waals surface area (Å²) in [5, 5.41) is 3.46. The normalized spacial score (nSPS) is 11.9. The number of imidazole rings is 1. The first-order chi connectivity index (χ1) is 14.6. The van der Waals surface area contributed by atoms with E-state index in [9.17, 15) is 9.59 Å². The van der Waals surface area contributed by atoms with E-state index in [-0.39, 0.29) is 18.0 Å². The molecule has 0 radical (unpaired) electrons. The van der Waals surface area contributed by atoms with E-state index < -0.39 is 6.04 Å². The highest BCUT2D eigenvalue weighted by atomic mass is 16.5. The van der Waals surface area contributed by atoms with Crippen LogP contribution >= 0.6 is 0 Å². The lowest BCUT2D eigenvalue weighted by molar-refractivity contribution is -0.122. The predicted molar refractivity (Wildman–Crippen MR) is 112 cm³/mol. The first kappa shape index (κ1) is 19.4. The van der Waals surface area contributed by atoms with Gasteiger partial charge >= 0.3 is 0 Å². The first-order valence-electron chi connectivity index (χ1n) is 9.41. The average Bonchev–Trinajstić information content (AvgIpc) is 3.20. The molecule has 4 rings (SSSR count). The number of benzene rings is 2. The average molecular weight is 403 g/mol. The number of aryl methyl sites for hydroxylation is 1. The fourth-order valence-corrected chi connectivity index (χ4v) is 3.33. The molecule has 0 spiro atoms. The Hall–Kier alpha value is -3.94. The van der Waals surface area contributed by atoms with Crippen LogP contribution in [0.25, 0.3) is 10.9 Å². The number of carbonyl (C=O) groups excluding carboxylic acids is 1. The number of hydrogen-bond donors (Lipinski definition) is 1. The number of amides is 1. The standard InChI is InChI=1S/C22H21N5O3/c1-26-12-11-23-21(26)20(15-7-9-16(30-2)10-8-15)25-19(28)13-27-14-24-18-6-4-3-5-17(18)22(27)29/h3-12,14,20H,13H2,1-2H3,(H,25,28). The lowest BCUT2D eigenvalue weighted by Gasteiger charge is -2.20. The van der Waals surface area contributed by atoms with Crippen molar-refractivity contribution in [1.29, 1.82) is 0 Å². The summed E-state index contributed by atoms with van der Waals surface area (Å²) in [7, 11) is 3.46. The monoisotopic (exact) mass is 403 g/mol. The van der Waals surface area contributed by atoms with Crippen LogP contribution in [-0.4, -0.2) is 32.1 Å². The molecule has 1 atom stereocenters. The molecule has 0 aliphatic heterocycles. The summed E-state index contributed by atoms with van der Waals surface area (Å²) < 4.78 is 8.37. The van der Waals surface area contributed by atoms with Crippen molar-refractivity contribution in [2.45, 2.75) is 12.6 Å². The number of methoxy groups -OCH3 is 1. The molecular weight excluding hydrogens is 382 g/mol. The minimum absolute atomic E-state index is 0.145. The van der Waals surface area contributed by atoms with Gasteiger partial charge in [-0.3, -0.25) is 14.2 Å². The van der Waals surface area contributed by atoms with E-state index in [0.717, 1.165) is 11.3 Å². The Labute approximate surface area is 172 Å². The Morgan fingerprint density at radius 1 is 1.13 bits per heavy atom. The van der Waals surface area contributed by atoms with Crippen LogP contribution in [0.5, 0.6) is 5.75 Å². The van der Waals surface area contributed by atoms with Crippen molar-refractivity contribution < 1.29 is 9.53 Å². The summed E-state index contributed by atoms with van der Waals surface area (Å²) in [5.41, 5.74) is 1.19. The molecule has 8 nitrogen and oxygen atoms in total. The van der Waals surface area contributed by atoms with E-state index in [0.29, 0.717) is 16.7 Å². The van der Waals surface area contributed by atoms with Gasteiger partial charge in [0, 0.05) is 19.4 Å². The van der Waals surface area contributed by atoms with E-state index >= 15 is 0 Å². The van der Waals surface area contributed by atoms with Gasteiger partial charge in [-0.15, -0.1) is 0 Å². The molecule has 1 unspecified atom stereocenters. The zero-order valence-corrected chi connectivity index (χ0v) is 16.6. The molecule has 0 saturated heterocycles. The number of hydrogen-bond acceptors (Lipinski definition) is 5. The van der Waals surface area contributed by atoms with Crippen LogP contribution in [0.2, 0.25) is 0 Å². The van der Waals surface area contributed by atoms with Crippen LogP contribution in [0.3, 0.4) is 0 Å². The van der Waals surface area contributed by atoms with Crippen molar-refractivity contribution in [2.24, 2.45) is 7.05 Å². The topological polar surface area (TPSA) is 91.0 Å². The van der Waals surface area contributed by atoms with E-state index in [1.54, 1.807) is 31.5 Å². The number of aromatic nitrogens is 4. The molecule has 0 bridgehead atoms. The summed E-state index contributed by atoms with van der Waals surface area (Å²) in [6.07, 6.45) is 4.89. The Morgan fingerprint density at radius 3 is 2.60 bits per heavy atom. The summed E-state index contributed by atoms with van der Waals surface area (Å²) in [4.78, 5) is 34.2. The molecule has 2 aromatic heterocycles. The van der Waals surface area contributed by atoms with Crippen molar-refractivity contribution in [1.82, 2.24) is 24.4 Å². The van der Waals surface area contributed by atoms with Crippen LogP contribution in [0.4, 0.5) is 0 Å². The number of rotatable bonds is 6. The van der Waals surface area contributed by atoms with Gasteiger partial charge in [0.1, 0.15) is 24.2 Å². The molecular formula is C22H21N5O3. The highest BCUT2D eigenvalue weighted by molar-refractivity contribution is 5.79. The quantitative estimate of drug-likeness (QED) is 0.532. The van der Waals surface area contributed by atoms with E-state index in [1.165, 1.54) is 10.9 Å². The van der Waals surface area contributed by atoms with Gasteiger partial charge in [0.2, 0.25) is 5.91 Å². The molecule has 2 heterocycles. The Balaban J connectivity index is 1.61. The van der Waals surface area contributed by atoms with Gasteiger partial charge in [0.15, 0.2) is 0 Å². The van der Waals surface area contributed by atoms with Crippen LogP contribution in [0.1, 0.15) is 17.4 Å². The molecule has 0 aliphatic rings. The third-order valence-electron chi connectivity index (χ3n) is 4.92. The molecule has 4 aromatic rings. The first-order valence-corrected chi connectivity index (χ1v) is 9.41. The molecule has 1 amide bonds. The highest BCUT2D eigenvalue weighted by Gasteiger charge is 2.21. The minimum Gasteiger partial charge on any atom is -0.497 e. The van der Waals surface area contributed by atoms with Crippen LogP contribution in [-0.2, 0) is 18.4 Å². The molecule has 0 fully saturated rings. The Morgan fingerprint density at radius 2 is 1.90 bits per heavy atom.